The van der Waals surface area contributed by atoms with Gasteiger partial charge in [0.25, 0.3) is 0 Å². The van der Waals surface area contributed by atoms with E-state index in [-0.39, 0.29) is 29.8 Å². The SMILES string of the molecule is CCC1(CC)CC(C(=O)OCOC(C)=O)CC(CC)(CC)N1. The van der Waals surface area contributed by atoms with Crippen molar-refractivity contribution in [3.63, 3.8) is 0 Å². The Morgan fingerprint density at radius 2 is 1.41 bits per heavy atom. The molecular weight excluding hydrogens is 282 g/mol. The van der Waals surface area contributed by atoms with Crippen LogP contribution < -0.4 is 5.32 Å². The van der Waals surface area contributed by atoms with Crippen molar-refractivity contribution in [3.05, 3.63) is 0 Å². The van der Waals surface area contributed by atoms with E-state index in [0.717, 1.165) is 38.5 Å². The second kappa shape index (κ2) is 7.95. The van der Waals surface area contributed by atoms with Crippen LogP contribution in [0, 0.1) is 5.92 Å². The first-order valence-electron chi connectivity index (χ1n) is 8.45. The molecule has 1 rings (SSSR count). The predicted octanol–water partition coefficient (Wildman–Crippen LogP) is 3.17. The number of hydrogen-bond acceptors (Lipinski definition) is 5. The van der Waals surface area contributed by atoms with Gasteiger partial charge in [-0.25, -0.2) is 0 Å². The molecule has 1 fully saturated rings. The summed E-state index contributed by atoms with van der Waals surface area (Å²) < 4.78 is 9.86. The predicted molar refractivity (Wildman–Crippen MR) is 85.2 cm³/mol. The van der Waals surface area contributed by atoms with E-state index in [1.165, 1.54) is 6.92 Å². The zero-order valence-electron chi connectivity index (χ0n) is 14.7. The molecule has 1 N–H and O–H groups in total. The third kappa shape index (κ3) is 4.45. The monoisotopic (exact) mass is 313 g/mol. The van der Waals surface area contributed by atoms with E-state index in [1.54, 1.807) is 0 Å². The summed E-state index contributed by atoms with van der Waals surface area (Å²) >= 11 is 0. The van der Waals surface area contributed by atoms with Crippen LogP contribution in [-0.2, 0) is 19.1 Å². The summed E-state index contributed by atoms with van der Waals surface area (Å²) in [6.07, 6.45) is 5.50. The van der Waals surface area contributed by atoms with E-state index in [4.69, 9.17) is 9.47 Å². The number of ether oxygens (including phenoxy) is 2. The average molecular weight is 313 g/mol. The Labute approximate surface area is 134 Å². The topological polar surface area (TPSA) is 64.6 Å². The molecule has 0 spiro atoms. The van der Waals surface area contributed by atoms with E-state index in [1.807, 2.05) is 0 Å². The minimum atomic E-state index is -0.439. The highest BCUT2D eigenvalue weighted by molar-refractivity contribution is 5.73. The summed E-state index contributed by atoms with van der Waals surface area (Å²) in [6, 6.07) is 0. The van der Waals surface area contributed by atoms with Crippen molar-refractivity contribution in [2.75, 3.05) is 6.79 Å². The molecule has 128 valence electrons. The van der Waals surface area contributed by atoms with Crippen molar-refractivity contribution < 1.29 is 19.1 Å². The van der Waals surface area contributed by atoms with Crippen LogP contribution in [-0.4, -0.2) is 29.8 Å². The lowest BCUT2D eigenvalue weighted by Gasteiger charge is -2.51. The Balaban J connectivity index is 2.84. The van der Waals surface area contributed by atoms with Gasteiger partial charge >= 0.3 is 11.9 Å². The van der Waals surface area contributed by atoms with Gasteiger partial charge in [-0.15, -0.1) is 0 Å². The normalized spacial score (nSPS) is 20.4. The maximum atomic E-state index is 12.4. The zero-order chi connectivity index (χ0) is 16.8. The molecule has 5 heteroatoms. The standard InChI is InChI=1S/C17H31NO4/c1-6-16(7-2)10-14(11-17(8-3,9-4)18-16)15(20)22-12-21-13(5)19/h14,18H,6-12H2,1-5H3. The fraction of sp³-hybridized carbons (Fsp3) is 0.882. The van der Waals surface area contributed by atoms with Crippen molar-refractivity contribution in [1.82, 2.24) is 5.32 Å². The van der Waals surface area contributed by atoms with E-state index in [9.17, 15) is 9.59 Å². The summed E-state index contributed by atoms with van der Waals surface area (Å²) in [6.45, 7) is 9.68. The van der Waals surface area contributed by atoms with Crippen LogP contribution in [0.2, 0.25) is 0 Å². The van der Waals surface area contributed by atoms with E-state index in [2.05, 4.69) is 33.0 Å². The number of esters is 2. The maximum Gasteiger partial charge on any atom is 0.311 e. The molecule has 0 aromatic heterocycles. The molecule has 0 bridgehead atoms. The fourth-order valence-electron chi connectivity index (χ4n) is 3.57. The van der Waals surface area contributed by atoms with Crippen LogP contribution in [0.1, 0.15) is 73.1 Å². The first-order chi connectivity index (χ1) is 10.4. The molecule has 0 aromatic rings. The van der Waals surface area contributed by atoms with Crippen molar-refractivity contribution in [2.45, 2.75) is 84.2 Å². The summed E-state index contributed by atoms with van der Waals surface area (Å²) in [5.41, 5.74) is -0.0369. The Bertz CT molecular complexity index is 366. The molecule has 1 aliphatic rings. The summed E-state index contributed by atoms with van der Waals surface area (Å²) in [4.78, 5) is 23.1. The average Bonchev–Trinajstić information content (AvgIpc) is 2.53. The van der Waals surface area contributed by atoms with E-state index >= 15 is 0 Å². The third-order valence-electron chi connectivity index (χ3n) is 5.31. The first kappa shape index (κ1) is 18.9. The van der Waals surface area contributed by atoms with Crippen LogP contribution in [0.3, 0.4) is 0 Å². The largest absolute Gasteiger partial charge is 0.428 e. The molecule has 0 aliphatic carbocycles. The van der Waals surface area contributed by atoms with Gasteiger partial charge in [-0.1, -0.05) is 27.7 Å². The molecule has 0 atom stereocenters. The molecule has 0 amide bonds. The second-order valence-electron chi connectivity index (χ2n) is 6.42. The van der Waals surface area contributed by atoms with Crippen LogP contribution in [0.5, 0.6) is 0 Å². The Kier molecular flexibility index (Phi) is 6.85. The molecule has 22 heavy (non-hydrogen) atoms. The van der Waals surface area contributed by atoms with Gasteiger partial charge in [0.2, 0.25) is 6.79 Å². The highest BCUT2D eigenvalue weighted by Crippen LogP contribution is 2.40. The summed E-state index contributed by atoms with van der Waals surface area (Å²) in [5.74, 6) is -0.831. The molecule has 1 saturated heterocycles. The van der Waals surface area contributed by atoms with Gasteiger partial charge in [0.15, 0.2) is 0 Å². The fourth-order valence-corrected chi connectivity index (χ4v) is 3.57. The summed E-state index contributed by atoms with van der Waals surface area (Å²) in [5, 5.41) is 3.85. The highest BCUT2D eigenvalue weighted by Gasteiger charge is 2.46. The lowest BCUT2D eigenvalue weighted by molar-refractivity contribution is -0.171. The number of carbonyl (C=O) groups is 2. The smallest absolute Gasteiger partial charge is 0.311 e. The van der Waals surface area contributed by atoms with E-state index in [0.29, 0.717) is 0 Å². The number of carbonyl (C=O) groups excluding carboxylic acids is 2. The van der Waals surface area contributed by atoms with E-state index < -0.39 is 5.97 Å². The number of rotatable bonds is 7. The lowest BCUT2D eigenvalue weighted by atomic mass is 9.69. The quantitative estimate of drug-likeness (QED) is 0.578. The highest BCUT2D eigenvalue weighted by atomic mass is 16.7. The van der Waals surface area contributed by atoms with Gasteiger partial charge in [0, 0.05) is 18.0 Å². The molecule has 0 unspecified atom stereocenters. The summed E-state index contributed by atoms with van der Waals surface area (Å²) in [7, 11) is 0. The molecule has 0 saturated carbocycles. The second-order valence-corrected chi connectivity index (χ2v) is 6.42. The molecular formula is C17H31NO4. The molecule has 1 heterocycles. The van der Waals surface area contributed by atoms with Crippen LogP contribution in [0.15, 0.2) is 0 Å². The Hall–Kier alpha value is -1.10. The minimum absolute atomic E-state index is 0.0185. The van der Waals surface area contributed by atoms with Gasteiger partial charge in [-0.3, -0.25) is 9.59 Å². The molecule has 5 nitrogen and oxygen atoms in total. The van der Waals surface area contributed by atoms with Crippen molar-refractivity contribution in [1.29, 1.82) is 0 Å². The van der Waals surface area contributed by atoms with Gasteiger partial charge in [-0.2, -0.15) is 0 Å². The van der Waals surface area contributed by atoms with Gasteiger partial charge in [0.1, 0.15) is 0 Å². The van der Waals surface area contributed by atoms with Crippen molar-refractivity contribution >= 4 is 11.9 Å². The van der Waals surface area contributed by atoms with Crippen LogP contribution in [0.25, 0.3) is 0 Å². The number of hydrogen-bond donors (Lipinski definition) is 1. The van der Waals surface area contributed by atoms with Gasteiger partial charge in [0.05, 0.1) is 5.92 Å². The Morgan fingerprint density at radius 1 is 0.955 bits per heavy atom. The van der Waals surface area contributed by atoms with Crippen molar-refractivity contribution in [3.8, 4) is 0 Å². The zero-order valence-corrected chi connectivity index (χ0v) is 14.7. The number of nitrogens with one attached hydrogen (secondary N) is 1. The molecule has 0 radical (unpaired) electrons. The molecule has 0 aromatic carbocycles. The third-order valence-corrected chi connectivity index (χ3v) is 5.31. The van der Waals surface area contributed by atoms with Gasteiger partial charge < -0.3 is 14.8 Å². The van der Waals surface area contributed by atoms with Crippen LogP contribution in [0.4, 0.5) is 0 Å². The molecule has 1 aliphatic heterocycles. The lowest BCUT2D eigenvalue weighted by Crippen LogP contribution is -2.63. The maximum absolute atomic E-state index is 12.4. The Morgan fingerprint density at radius 3 is 1.77 bits per heavy atom. The first-order valence-corrected chi connectivity index (χ1v) is 8.45. The van der Waals surface area contributed by atoms with Gasteiger partial charge in [-0.05, 0) is 38.5 Å². The van der Waals surface area contributed by atoms with Crippen molar-refractivity contribution in [2.24, 2.45) is 5.92 Å². The van der Waals surface area contributed by atoms with Crippen LogP contribution >= 0.6 is 0 Å². The minimum Gasteiger partial charge on any atom is -0.428 e. The number of piperidine rings is 1.